The maximum absolute atomic E-state index is 10.0. The lowest BCUT2D eigenvalue weighted by molar-refractivity contribution is -0.00916. The summed E-state index contributed by atoms with van der Waals surface area (Å²) in [6.07, 6.45) is 1.06. The molecule has 1 aliphatic rings. The van der Waals surface area contributed by atoms with Gasteiger partial charge in [-0.05, 0) is 6.42 Å². The maximum atomic E-state index is 10.0. The summed E-state index contributed by atoms with van der Waals surface area (Å²) in [7, 11) is 0. The zero-order valence-electron chi connectivity index (χ0n) is 9.88. The highest BCUT2D eigenvalue weighted by Gasteiger charge is 2.42. The van der Waals surface area contributed by atoms with Gasteiger partial charge in [-0.2, -0.15) is 5.48 Å². The van der Waals surface area contributed by atoms with E-state index in [1.807, 2.05) is 5.48 Å². The Bertz CT molecular complexity index is 602. The summed E-state index contributed by atoms with van der Waals surface area (Å²) >= 11 is 0. The van der Waals surface area contributed by atoms with Crippen molar-refractivity contribution < 1.29 is 15.4 Å². The highest BCUT2D eigenvalue weighted by Crippen LogP contribution is 2.33. The second kappa shape index (κ2) is 4.38. The summed E-state index contributed by atoms with van der Waals surface area (Å²) in [5.41, 5.74) is 8.62. The minimum absolute atomic E-state index is 0.258. The van der Waals surface area contributed by atoms with Crippen LogP contribution in [0.3, 0.4) is 0 Å². The predicted octanol–water partition coefficient (Wildman–Crippen LogP) is -1.58. The lowest BCUT2D eigenvalue weighted by Crippen LogP contribution is -2.38. The quantitative estimate of drug-likeness (QED) is 0.410. The van der Waals surface area contributed by atoms with Gasteiger partial charge >= 0.3 is 0 Å². The van der Waals surface area contributed by atoms with Crippen LogP contribution < -0.4 is 11.2 Å². The molecule has 2 aromatic rings. The van der Waals surface area contributed by atoms with Gasteiger partial charge < -0.3 is 25.7 Å². The minimum Gasteiger partial charge on any atom is -0.389 e. The maximum Gasteiger partial charge on any atom is 0.165 e. The number of nitrogens with one attached hydrogen (secondary N) is 1. The first kappa shape index (κ1) is 12.2. The normalized spacial score (nSPS) is 31.1. The fourth-order valence-electron chi connectivity index (χ4n) is 2.52. The van der Waals surface area contributed by atoms with Gasteiger partial charge in [0.15, 0.2) is 11.5 Å². The summed E-state index contributed by atoms with van der Waals surface area (Å²) in [6.45, 7) is 0. The van der Waals surface area contributed by atoms with Crippen LogP contribution in [-0.4, -0.2) is 53.2 Å². The molecule has 4 atom stereocenters. The number of aromatic nitrogens is 4. The van der Waals surface area contributed by atoms with Gasteiger partial charge in [0.05, 0.1) is 24.5 Å². The molecule has 9 heteroatoms. The molecule has 2 heterocycles. The van der Waals surface area contributed by atoms with E-state index in [0.717, 1.165) is 0 Å². The van der Waals surface area contributed by atoms with Gasteiger partial charge in [-0.15, -0.1) is 0 Å². The van der Waals surface area contributed by atoms with Crippen LogP contribution >= 0.6 is 0 Å². The van der Waals surface area contributed by atoms with E-state index in [-0.39, 0.29) is 5.82 Å². The fourth-order valence-corrected chi connectivity index (χ4v) is 2.52. The Morgan fingerprint density at radius 3 is 2.74 bits per heavy atom. The van der Waals surface area contributed by atoms with Gasteiger partial charge in [0.2, 0.25) is 0 Å². The van der Waals surface area contributed by atoms with Crippen LogP contribution in [0, 0.1) is 0 Å². The molecule has 0 amide bonds. The van der Waals surface area contributed by atoms with Crippen molar-refractivity contribution in [3.05, 3.63) is 12.7 Å². The summed E-state index contributed by atoms with van der Waals surface area (Å²) in [5, 5.41) is 28.8. The van der Waals surface area contributed by atoms with Gasteiger partial charge in [0.1, 0.15) is 17.9 Å². The van der Waals surface area contributed by atoms with Crippen LogP contribution in [0.25, 0.3) is 11.2 Å². The predicted molar refractivity (Wildman–Crippen MR) is 64.1 cm³/mol. The third-order valence-electron chi connectivity index (χ3n) is 3.56. The van der Waals surface area contributed by atoms with Crippen molar-refractivity contribution in [1.82, 2.24) is 25.0 Å². The monoisotopic (exact) mass is 266 g/mol. The van der Waals surface area contributed by atoms with E-state index in [0.29, 0.717) is 17.6 Å². The Morgan fingerprint density at radius 2 is 2.05 bits per heavy atom. The third kappa shape index (κ3) is 1.75. The number of nitrogens with zero attached hydrogens (tertiary/aromatic N) is 4. The first-order valence-corrected chi connectivity index (χ1v) is 5.82. The van der Waals surface area contributed by atoms with Crippen LogP contribution in [0.4, 0.5) is 5.82 Å². The molecule has 0 spiro atoms. The number of aliphatic hydroxyl groups is 2. The number of nitrogens with two attached hydrogens (primary N) is 1. The number of aliphatic hydroxyl groups excluding tert-OH is 2. The van der Waals surface area contributed by atoms with E-state index in [2.05, 4.69) is 15.0 Å². The second-order valence-corrected chi connectivity index (χ2v) is 4.60. The largest absolute Gasteiger partial charge is 0.389 e. The number of rotatable bonds is 2. The number of nitrogen functional groups attached to an aromatic ring is 1. The van der Waals surface area contributed by atoms with E-state index in [1.54, 1.807) is 4.57 Å². The van der Waals surface area contributed by atoms with Crippen LogP contribution in [0.15, 0.2) is 12.7 Å². The number of fused-ring (bicyclic) bond motifs is 1. The number of hydrogen-bond acceptors (Lipinski definition) is 8. The molecule has 1 aliphatic carbocycles. The molecule has 0 aromatic carbocycles. The van der Waals surface area contributed by atoms with Crippen molar-refractivity contribution in [3.63, 3.8) is 0 Å². The van der Waals surface area contributed by atoms with Crippen molar-refractivity contribution in [1.29, 1.82) is 0 Å². The van der Waals surface area contributed by atoms with Gasteiger partial charge in [-0.25, -0.2) is 15.0 Å². The molecule has 6 N–H and O–H groups in total. The lowest BCUT2D eigenvalue weighted by Gasteiger charge is -2.17. The highest BCUT2D eigenvalue weighted by atomic mass is 16.5. The molecule has 0 radical (unpaired) electrons. The molecule has 0 unspecified atom stereocenters. The topological polar surface area (TPSA) is 142 Å². The van der Waals surface area contributed by atoms with E-state index >= 15 is 0 Å². The molecule has 1 saturated carbocycles. The first-order chi connectivity index (χ1) is 9.13. The van der Waals surface area contributed by atoms with Crippen molar-refractivity contribution >= 4 is 17.0 Å². The average Bonchev–Trinajstić information content (AvgIpc) is 2.94. The SMILES string of the molecule is Nc1ncnc2c1ncn2[C@@H]1C[C@H](NO)[C@@H](O)[C@H]1O. The Balaban J connectivity index is 2.04. The Morgan fingerprint density at radius 1 is 1.26 bits per heavy atom. The van der Waals surface area contributed by atoms with Gasteiger partial charge in [-0.1, -0.05) is 0 Å². The molecule has 1 fully saturated rings. The van der Waals surface area contributed by atoms with Crippen LogP contribution in [0.1, 0.15) is 12.5 Å². The Kier molecular flexibility index (Phi) is 2.82. The zero-order valence-corrected chi connectivity index (χ0v) is 9.88. The number of hydroxylamine groups is 1. The molecular weight excluding hydrogens is 252 g/mol. The van der Waals surface area contributed by atoms with E-state index in [1.165, 1.54) is 12.7 Å². The summed E-state index contributed by atoms with van der Waals surface area (Å²) in [6, 6.07) is -1.05. The molecule has 102 valence electrons. The average molecular weight is 266 g/mol. The standard InChI is InChI=1S/C10H14N6O3/c11-9-6-10(13-2-12-9)16(3-14-6)5-1-4(15-19)7(17)8(5)18/h2-5,7-8,15,17-19H,1H2,(H2,11,12,13)/t4-,5+,7+,8-/m0/s1. The zero-order chi connectivity index (χ0) is 13.6. The molecule has 0 aliphatic heterocycles. The molecule has 2 aromatic heterocycles. The molecule has 0 saturated heterocycles. The number of anilines is 1. The molecule has 9 nitrogen and oxygen atoms in total. The number of imidazole rings is 1. The van der Waals surface area contributed by atoms with Crippen LogP contribution in [0.5, 0.6) is 0 Å². The van der Waals surface area contributed by atoms with Crippen LogP contribution in [-0.2, 0) is 0 Å². The minimum atomic E-state index is -1.06. The number of hydrogen-bond donors (Lipinski definition) is 5. The van der Waals surface area contributed by atoms with E-state index < -0.39 is 24.3 Å². The van der Waals surface area contributed by atoms with Crippen molar-refractivity contribution in [2.75, 3.05) is 5.73 Å². The van der Waals surface area contributed by atoms with Crippen molar-refractivity contribution in [2.24, 2.45) is 0 Å². The first-order valence-electron chi connectivity index (χ1n) is 5.82. The van der Waals surface area contributed by atoms with E-state index in [9.17, 15) is 10.2 Å². The summed E-state index contributed by atoms with van der Waals surface area (Å²) in [4.78, 5) is 12.0. The molecule has 0 bridgehead atoms. The summed E-state index contributed by atoms with van der Waals surface area (Å²) in [5.74, 6) is 0.258. The van der Waals surface area contributed by atoms with Crippen molar-refractivity contribution in [2.45, 2.75) is 30.7 Å². The highest BCUT2D eigenvalue weighted by molar-refractivity contribution is 5.81. The lowest BCUT2D eigenvalue weighted by atomic mass is 10.2. The summed E-state index contributed by atoms with van der Waals surface area (Å²) < 4.78 is 1.64. The Hall–Kier alpha value is -1.81. The fraction of sp³-hybridized carbons (Fsp3) is 0.500. The molecule has 3 rings (SSSR count). The molecule has 19 heavy (non-hydrogen) atoms. The van der Waals surface area contributed by atoms with Crippen molar-refractivity contribution in [3.8, 4) is 0 Å². The third-order valence-corrected chi connectivity index (χ3v) is 3.56. The van der Waals surface area contributed by atoms with Gasteiger partial charge in [-0.3, -0.25) is 0 Å². The van der Waals surface area contributed by atoms with Gasteiger partial charge in [0.25, 0.3) is 0 Å². The molecular formula is C10H14N6O3. The smallest absolute Gasteiger partial charge is 0.165 e. The second-order valence-electron chi connectivity index (χ2n) is 4.60. The van der Waals surface area contributed by atoms with Gasteiger partial charge in [0, 0.05) is 0 Å². The van der Waals surface area contributed by atoms with Crippen LogP contribution in [0.2, 0.25) is 0 Å². The van der Waals surface area contributed by atoms with E-state index in [4.69, 9.17) is 10.9 Å². The Labute approximate surface area is 107 Å².